The molecule has 2 aliphatic heterocycles. The number of halogens is 1. The zero-order chi connectivity index (χ0) is 14.7. The van der Waals surface area contributed by atoms with Gasteiger partial charge in [-0.2, -0.15) is 0 Å². The van der Waals surface area contributed by atoms with Gasteiger partial charge in [-0.15, -0.1) is 0 Å². The molecule has 0 aromatic carbocycles. The number of rotatable bonds is 4. The number of pyridine rings is 1. The molecule has 2 saturated heterocycles. The molecule has 21 heavy (non-hydrogen) atoms. The van der Waals surface area contributed by atoms with Crippen LogP contribution in [0, 0.1) is 0 Å². The molecule has 4 nitrogen and oxygen atoms in total. The standard InChI is InChI=1S/C16H22BrN3O/c17-12-3-4-13(19-11-12)10-16(21)15-2-1-9-20(15)14-5-7-18-8-6-14/h3-4,11,14-15,18H,1-2,5-10H2. The predicted octanol–water partition coefficient (Wildman–Crippen LogP) is 2.17. The van der Waals surface area contributed by atoms with Crippen molar-refractivity contribution in [3.05, 3.63) is 28.5 Å². The fraction of sp³-hybridized carbons (Fsp3) is 0.625. The Morgan fingerprint density at radius 3 is 2.86 bits per heavy atom. The van der Waals surface area contributed by atoms with E-state index in [1.807, 2.05) is 12.1 Å². The fourth-order valence-corrected chi connectivity index (χ4v) is 3.75. The molecule has 114 valence electrons. The lowest BCUT2D eigenvalue weighted by atomic mass is 10.00. The van der Waals surface area contributed by atoms with Crippen molar-refractivity contribution in [1.82, 2.24) is 15.2 Å². The zero-order valence-corrected chi connectivity index (χ0v) is 13.8. The molecule has 0 saturated carbocycles. The van der Waals surface area contributed by atoms with E-state index >= 15 is 0 Å². The summed E-state index contributed by atoms with van der Waals surface area (Å²) in [7, 11) is 0. The number of nitrogens with zero attached hydrogens (tertiary/aromatic N) is 2. The van der Waals surface area contributed by atoms with Crippen LogP contribution in [0.5, 0.6) is 0 Å². The van der Waals surface area contributed by atoms with Crippen molar-refractivity contribution in [1.29, 1.82) is 0 Å². The van der Waals surface area contributed by atoms with Gasteiger partial charge >= 0.3 is 0 Å². The number of aromatic nitrogens is 1. The number of likely N-dealkylation sites (tertiary alicyclic amines) is 1. The molecule has 3 heterocycles. The van der Waals surface area contributed by atoms with Crippen molar-refractivity contribution >= 4 is 21.7 Å². The van der Waals surface area contributed by atoms with Crippen LogP contribution in [0.25, 0.3) is 0 Å². The Hall–Kier alpha value is -0.780. The number of carbonyl (C=O) groups excluding carboxylic acids is 1. The summed E-state index contributed by atoms with van der Waals surface area (Å²) in [5, 5.41) is 3.40. The molecule has 0 spiro atoms. The maximum absolute atomic E-state index is 12.6. The lowest BCUT2D eigenvalue weighted by Crippen LogP contribution is -2.48. The van der Waals surface area contributed by atoms with E-state index in [-0.39, 0.29) is 6.04 Å². The topological polar surface area (TPSA) is 45.2 Å². The smallest absolute Gasteiger partial charge is 0.155 e. The van der Waals surface area contributed by atoms with Crippen LogP contribution in [0.15, 0.2) is 22.8 Å². The molecule has 1 aromatic rings. The lowest BCUT2D eigenvalue weighted by molar-refractivity contribution is -0.123. The highest BCUT2D eigenvalue weighted by Crippen LogP contribution is 2.25. The van der Waals surface area contributed by atoms with E-state index in [0.29, 0.717) is 18.2 Å². The monoisotopic (exact) mass is 351 g/mol. The van der Waals surface area contributed by atoms with Crippen LogP contribution >= 0.6 is 15.9 Å². The summed E-state index contributed by atoms with van der Waals surface area (Å²) in [6, 6.07) is 4.58. The molecule has 0 aliphatic carbocycles. The van der Waals surface area contributed by atoms with Crippen molar-refractivity contribution in [3.63, 3.8) is 0 Å². The van der Waals surface area contributed by atoms with Crippen molar-refractivity contribution in [2.45, 2.75) is 44.2 Å². The average Bonchev–Trinajstić information content (AvgIpc) is 3.00. The summed E-state index contributed by atoms with van der Waals surface area (Å²) >= 11 is 3.38. The van der Waals surface area contributed by atoms with Crippen LogP contribution < -0.4 is 5.32 Å². The maximum Gasteiger partial charge on any atom is 0.155 e. The summed E-state index contributed by atoms with van der Waals surface area (Å²) in [4.78, 5) is 19.4. The summed E-state index contributed by atoms with van der Waals surface area (Å²) < 4.78 is 0.955. The van der Waals surface area contributed by atoms with E-state index in [9.17, 15) is 4.79 Å². The number of ketones is 1. The first-order chi connectivity index (χ1) is 10.2. The van der Waals surface area contributed by atoms with Gasteiger partial charge in [0.1, 0.15) is 0 Å². The third-order valence-electron chi connectivity index (χ3n) is 4.59. The van der Waals surface area contributed by atoms with Gasteiger partial charge in [-0.3, -0.25) is 14.7 Å². The highest BCUT2D eigenvalue weighted by atomic mass is 79.9. The van der Waals surface area contributed by atoms with Gasteiger partial charge in [0.05, 0.1) is 12.5 Å². The second kappa shape index (κ2) is 6.99. The molecule has 2 aliphatic rings. The van der Waals surface area contributed by atoms with Gasteiger partial charge in [-0.1, -0.05) is 0 Å². The van der Waals surface area contributed by atoms with Gasteiger partial charge in [-0.25, -0.2) is 0 Å². The molecular weight excluding hydrogens is 330 g/mol. The molecule has 0 bridgehead atoms. The van der Waals surface area contributed by atoms with Crippen molar-refractivity contribution < 1.29 is 4.79 Å². The van der Waals surface area contributed by atoms with Crippen molar-refractivity contribution in [3.8, 4) is 0 Å². The van der Waals surface area contributed by atoms with Crippen LogP contribution in [0.2, 0.25) is 0 Å². The Balaban J connectivity index is 1.63. The van der Waals surface area contributed by atoms with Crippen LogP contribution in [0.1, 0.15) is 31.4 Å². The first kappa shape index (κ1) is 15.1. The molecule has 5 heteroatoms. The number of carbonyl (C=O) groups is 1. The van der Waals surface area contributed by atoms with Crippen molar-refractivity contribution in [2.75, 3.05) is 19.6 Å². The number of nitrogens with one attached hydrogen (secondary N) is 1. The molecule has 1 unspecified atom stereocenters. The number of piperidine rings is 1. The van der Waals surface area contributed by atoms with Gasteiger partial charge in [0.25, 0.3) is 0 Å². The molecular formula is C16H22BrN3O. The SMILES string of the molecule is O=C(Cc1ccc(Br)cn1)C1CCCN1C1CCNCC1. The summed E-state index contributed by atoms with van der Waals surface area (Å²) in [5.74, 6) is 0.334. The minimum absolute atomic E-state index is 0.110. The third kappa shape index (κ3) is 3.71. The van der Waals surface area contributed by atoms with E-state index < -0.39 is 0 Å². The van der Waals surface area contributed by atoms with Gasteiger partial charge < -0.3 is 5.32 Å². The van der Waals surface area contributed by atoms with E-state index in [1.165, 1.54) is 12.8 Å². The predicted molar refractivity (Wildman–Crippen MR) is 86.3 cm³/mol. The van der Waals surface area contributed by atoms with Gasteiger partial charge in [0, 0.05) is 22.4 Å². The maximum atomic E-state index is 12.6. The normalized spacial score (nSPS) is 24.3. The Morgan fingerprint density at radius 1 is 1.33 bits per heavy atom. The number of Topliss-reactive ketones (excluding diaryl/α,β-unsaturated/α-hetero) is 1. The van der Waals surface area contributed by atoms with E-state index in [4.69, 9.17) is 0 Å². The Kier molecular flexibility index (Phi) is 5.03. The summed E-state index contributed by atoms with van der Waals surface area (Å²) in [5.41, 5.74) is 0.875. The molecule has 1 atom stereocenters. The molecule has 3 rings (SSSR count). The summed E-state index contributed by atoms with van der Waals surface area (Å²) in [6.45, 7) is 3.24. The van der Waals surface area contributed by atoms with Crippen LogP contribution in [0.4, 0.5) is 0 Å². The van der Waals surface area contributed by atoms with Crippen LogP contribution in [-0.2, 0) is 11.2 Å². The Morgan fingerprint density at radius 2 is 2.14 bits per heavy atom. The minimum Gasteiger partial charge on any atom is -0.317 e. The fourth-order valence-electron chi connectivity index (χ4n) is 3.52. The average molecular weight is 352 g/mol. The van der Waals surface area contributed by atoms with Crippen molar-refractivity contribution in [2.24, 2.45) is 0 Å². The van der Waals surface area contributed by atoms with Crippen LogP contribution in [0.3, 0.4) is 0 Å². The highest BCUT2D eigenvalue weighted by molar-refractivity contribution is 9.10. The van der Waals surface area contributed by atoms with Crippen LogP contribution in [-0.4, -0.2) is 47.4 Å². The molecule has 0 amide bonds. The third-order valence-corrected chi connectivity index (χ3v) is 5.06. The second-order valence-corrected chi connectivity index (χ2v) is 6.90. The first-order valence-corrected chi connectivity index (χ1v) is 8.63. The minimum atomic E-state index is 0.110. The van der Waals surface area contributed by atoms with Gasteiger partial charge in [0.15, 0.2) is 5.78 Å². The lowest BCUT2D eigenvalue weighted by Gasteiger charge is -2.35. The first-order valence-electron chi connectivity index (χ1n) is 7.83. The molecule has 2 fully saturated rings. The second-order valence-electron chi connectivity index (χ2n) is 5.99. The molecule has 1 aromatic heterocycles. The molecule has 0 radical (unpaired) electrons. The Bertz CT molecular complexity index is 485. The number of hydrogen-bond acceptors (Lipinski definition) is 4. The quantitative estimate of drug-likeness (QED) is 0.902. The van der Waals surface area contributed by atoms with E-state index in [2.05, 4.69) is 31.1 Å². The van der Waals surface area contributed by atoms with Gasteiger partial charge in [-0.05, 0) is 73.4 Å². The largest absolute Gasteiger partial charge is 0.317 e. The van der Waals surface area contributed by atoms with Gasteiger partial charge in [0.2, 0.25) is 0 Å². The Labute approximate surface area is 134 Å². The summed E-state index contributed by atoms with van der Waals surface area (Å²) in [6.07, 6.45) is 6.72. The molecule has 1 N–H and O–H groups in total. The number of hydrogen-bond donors (Lipinski definition) is 1. The van der Waals surface area contributed by atoms with E-state index in [0.717, 1.165) is 42.6 Å². The highest BCUT2D eigenvalue weighted by Gasteiger charge is 2.35. The van der Waals surface area contributed by atoms with E-state index in [1.54, 1.807) is 6.20 Å². The zero-order valence-electron chi connectivity index (χ0n) is 12.2.